The Hall–Kier alpha value is -0.830. The van der Waals surface area contributed by atoms with Crippen LogP contribution in [0.15, 0.2) is 11.6 Å². The van der Waals surface area contributed by atoms with E-state index in [1.807, 2.05) is 6.92 Å². The highest BCUT2D eigenvalue weighted by atomic mass is 16.5. The van der Waals surface area contributed by atoms with Crippen molar-refractivity contribution < 1.29 is 14.6 Å². The van der Waals surface area contributed by atoms with Crippen molar-refractivity contribution in [2.75, 3.05) is 7.11 Å². The van der Waals surface area contributed by atoms with E-state index in [0.717, 1.165) is 0 Å². The zero-order chi connectivity index (χ0) is 8.85. The molecule has 0 fully saturated rings. The molecular weight excluding hydrogens is 144 g/mol. The fourth-order valence-corrected chi connectivity index (χ4v) is 0.818. The summed E-state index contributed by atoms with van der Waals surface area (Å²) in [7, 11) is 1.26. The summed E-state index contributed by atoms with van der Waals surface area (Å²) in [5.74, 6) is -0.597. The summed E-state index contributed by atoms with van der Waals surface area (Å²) in [6.07, 6.45) is 1.30. The molecule has 1 N–H and O–H groups in total. The number of allylic oxidation sites excluding steroid dienone is 1. The Kier molecular flexibility index (Phi) is 4.54. The van der Waals surface area contributed by atoms with E-state index in [0.29, 0.717) is 12.0 Å². The Bertz CT molecular complexity index is 161. The van der Waals surface area contributed by atoms with Gasteiger partial charge in [-0.05, 0) is 18.9 Å². The van der Waals surface area contributed by atoms with Gasteiger partial charge >= 0.3 is 5.97 Å². The van der Waals surface area contributed by atoms with E-state index in [1.54, 1.807) is 13.0 Å². The highest BCUT2D eigenvalue weighted by molar-refractivity contribution is 5.77. The fraction of sp³-hybridized carbons (Fsp3) is 0.625. The maximum Gasteiger partial charge on any atom is 0.339 e. The third-order valence-electron chi connectivity index (χ3n) is 1.55. The minimum Gasteiger partial charge on any atom is -0.467 e. The van der Waals surface area contributed by atoms with Crippen molar-refractivity contribution >= 4 is 5.97 Å². The molecule has 0 saturated carbocycles. The zero-order valence-electron chi connectivity index (χ0n) is 7.13. The quantitative estimate of drug-likeness (QED) is 0.490. The van der Waals surface area contributed by atoms with Crippen LogP contribution in [0.3, 0.4) is 0 Å². The largest absolute Gasteiger partial charge is 0.467 e. The Morgan fingerprint density at radius 2 is 2.27 bits per heavy atom. The highest BCUT2D eigenvalue weighted by Gasteiger charge is 2.17. The van der Waals surface area contributed by atoms with Crippen LogP contribution in [-0.2, 0) is 9.53 Å². The molecule has 3 heteroatoms. The standard InChI is InChI=1S/C8H14O3/c1-4-6(5-2)7(9)8(10)11-3/h4,7,9H,5H2,1-3H3. The van der Waals surface area contributed by atoms with Crippen LogP contribution in [0.4, 0.5) is 0 Å². The highest BCUT2D eigenvalue weighted by Crippen LogP contribution is 2.07. The number of aliphatic hydroxyl groups is 1. The van der Waals surface area contributed by atoms with Gasteiger partial charge in [-0.15, -0.1) is 0 Å². The smallest absolute Gasteiger partial charge is 0.339 e. The number of hydrogen-bond acceptors (Lipinski definition) is 3. The Morgan fingerprint density at radius 1 is 1.73 bits per heavy atom. The maximum absolute atomic E-state index is 10.8. The molecule has 0 spiro atoms. The number of rotatable bonds is 3. The lowest BCUT2D eigenvalue weighted by atomic mass is 10.1. The summed E-state index contributed by atoms with van der Waals surface area (Å²) >= 11 is 0. The van der Waals surface area contributed by atoms with Crippen LogP contribution in [0.1, 0.15) is 20.3 Å². The van der Waals surface area contributed by atoms with E-state index in [2.05, 4.69) is 4.74 Å². The van der Waals surface area contributed by atoms with E-state index < -0.39 is 12.1 Å². The molecule has 0 aliphatic rings. The second-order valence-electron chi connectivity index (χ2n) is 2.14. The van der Waals surface area contributed by atoms with Crippen molar-refractivity contribution in [3.8, 4) is 0 Å². The third-order valence-corrected chi connectivity index (χ3v) is 1.55. The second kappa shape index (κ2) is 4.91. The van der Waals surface area contributed by atoms with Crippen molar-refractivity contribution in [3.05, 3.63) is 11.6 Å². The van der Waals surface area contributed by atoms with Crippen LogP contribution >= 0.6 is 0 Å². The third kappa shape index (κ3) is 2.72. The lowest BCUT2D eigenvalue weighted by molar-refractivity contribution is -0.148. The molecule has 0 aromatic rings. The first-order valence-electron chi connectivity index (χ1n) is 3.58. The molecule has 0 heterocycles. The first-order chi connectivity index (χ1) is 5.17. The molecule has 0 bridgehead atoms. The second-order valence-corrected chi connectivity index (χ2v) is 2.14. The molecule has 0 aromatic heterocycles. The Labute approximate surface area is 66.7 Å². The Morgan fingerprint density at radius 3 is 2.55 bits per heavy atom. The van der Waals surface area contributed by atoms with Gasteiger partial charge in [-0.2, -0.15) is 0 Å². The normalized spacial score (nSPS) is 14.4. The molecule has 1 atom stereocenters. The van der Waals surface area contributed by atoms with Gasteiger partial charge in [0.05, 0.1) is 7.11 Å². The van der Waals surface area contributed by atoms with Crippen molar-refractivity contribution in [3.63, 3.8) is 0 Å². The van der Waals surface area contributed by atoms with Crippen LogP contribution in [0.5, 0.6) is 0 Å². The van der Waals surface area contributed by atoms with Gasteiger partial charge in [0.15, 0.2) is 6.10 Å². The predicted molar refractivity (Wildman–Crippen MR) is 42.1 cm³/mol. The maximum atomic E-state index is 10.8. The predicted octanol–water partition coefficient (Wildman–Crippen LogP) is 0.877. The van der Waals surface area contributed by atoms with Gasteiger partial charge in [-0.1, -0.05) is 13.0 Å². The van der Waals surface area contributed by atoms with Gasteiger partial charge in [0.2, 0.25) is 0 Å². The summed E-state index contributed by atoms with van der Waals surface area (Å²) in [6, 6.07) is 0. The first-order valence-corrected chi connectivity index (χ1v) is 3.58. The average Bonchev–Trinajstić information content (AvgIpc) is 2.05. The molecule has 0 saturated heterocycles. The van der Waals surface area contributed by atoms with E-state index >= 15 is 0 Å². The van der Waals surface area contributed by atoms with Crippen molar-refractivity contribution in [2.24, 2.45) is 0 Å². The topological polar surface area (TPSA) is 46.5 Å². The van der Waals surface area contributed by atoms with Crippen LogP contribution in [-0.4, -0.2) is 24.3 Å². The molecule has 0 aliphatic carbocycles. The van der Waals surface area contributed by atoms with Crippen LogP contribution in [0, 0.1) is 0 Å². The molecule has 11 heavy (non-hydrogen) atoms. The van der Waals surface area contributed by atoms with Gasteiger partial charge in [-0.25, -0.2) is 4.79 Å². The summed E-state index contributed by atoms with van der Waals surface area (Å²) < 4.78 is 4.37. The number of hydrogen-bond donors (Lipinski definition) is 1. The summed E-state index contributed by atoms with van der Waals surface area (Å²) in [5.41, 5.74) is 0.692. The van der Waals surface area contributed by atoms with Gasteiger partial charge in [0.25, 0.3) is 0 Å². The minimum absolute atomic E-state index is 0.597. The van der Waals surface area contributed by atoms with E-state index in [1.165, 1.54) is 7.11 Å². The molecule has 0 rings (SSSR count). The molecule has 0 aromatic carbocycles. The van der Waals surface area contributed by atoms with Crippen molar-refractivity contribution in [2.45, 2.75) is 26.4 Å². The van der Waals surface area contributed by atoms with E-state index in [-0.39, 0.29) is 0 Å². The number of ether oxygens (including phenoxy) is 1. The van der Waals surface area contributed by atoms with Crippen molar-refractivity contribution in [1.82, 2.24) is 0 Å². The molecule has 1 unspecified atom stereocenters. The molecule has 0 radical (unpaired) electrons. The monoisotopic (exact) mass is 158 g/mol. The van der Waals surface area contributed by atoms with Crippen molar-refractivity contribution in [1.29, 1.82) is 0 Å². The summed E-state index contributed by atoms with van der Waals surface area (Å²) in [4.78, 5) is 10.8. The number of carbonyl (C=O) groups is 1. The SMILES string of the molecule is CC=C(CC)C(O)C(=O)OC. The minimum atomic E-state index is -1.09. The first kappa shape index (κ1) is 10.2. The number of aliphatic hydroxyl groups excluding tert-OH is 1. The number of esters is 1. The Balaban J connectivity index is 4.21. The molecular formula is C8H14O3. The summed E-state index contributed by atoms with van der Waals surface area (Å²) in [6.45, 7) is 3.66. The average molecular weight is 158 g/mol. The summed E-state index contributed by atoms with van der Waals surface area (Å²) in [5, 5.41) is 9.23. The van der Waals surface area contributed by atoms with Crippen LogP contribution in [0.2, 0.25) is 0 Å². The zero-order valence-corrected chi connectivity index (χ0v) is 7.13. The molecule has 3 nitrogen and oxygen atoms in total. The van der Waals surface area contributed by atoms with E-state index in [9.17, 15) is 9.90 Å². The van der Waals surface area contributed by atoms with Gasteiger partial charge in [0, 0.05) is 0 Å². The fourth-order valence-electron chi connectivity index (χ4n) is 0.818. The van der Waals surface area contributed by atoms with E-state index in [4.69, 9.17) is 0 Å². The van der Waals surface area contributed by atoms with Gasteiger partial charge in [-0.3, -0.25) is 0 Å². The van der Waals surface area contributed by atoms with Crippen LogP contribution < -0.4 is 0 Å². The lowest BCUT2D eigenvalue weighted by Gasteiger charge is -2.09. The van der Waals surface area contributed by atoms with Crippen LogP contribution in [0.25, 0.3) is 0 Å². The van der Waals surface area contributed by atoms with Gasteiger partial charge in [0.1, 0.15) is 0 Å². The lowest BCUT2D eigenvalue weighted by Crippen LogP contribution is -2.23. The molecule has 0 amide bonds. The molecule has 64 valence electrons. The number of methoxy groups -OCH3 is 1. The molecule has 0 aliphatic heterocycles. The number of carbonyl (C=O) groups excluding carboxylic acids is 1. The van der Waals surface area contributed by atoms with Gasteiger partial charge < -0.3 is 9.84 Å².